The molecule has 2 saturated heterocycles. The maximum atomic E-state index is 15.9. The molecule has 4 aromatic heterocycles. The second-order valence-electron chi connectivity index (χ2n) is 9.93. The third kappa shape index (κ3) is 5.81. The van der Waals surface area contributed by atoms with Crippen LogP contribution in [0, 0.1) is 0 Å². The van der Waals surface area contributed by atoms with Gasteiger partial charge in [-0.1, -0.05) is 5.21 Å². The van der Waals surface area contributed by atoms with Gasteiger partial charge in [-0.05, 0) is 22.8 Å². The molecule has 10 atom stereocenters. The number of hydrogen-bond donors (Lipinski definition) is 6. The number of aliphatic hydroxyl groups excluding tert-OH is 1. The van der Waals surface area contributed by atoms with E-state index in [9.17, 15) is 19.4 Å². The predicted octanol–water partition coefficient (Wildman–Crippen LogP) is 0.0317. The van der Waals surface area contributed by atoms with Crippen LogP contribution in [0.4, 0.5) is 20.5 Å². The zero-order valence-electron chi connectivity index (χ0n) is 22.5. The van der Waals surface area contributed by atoms with Crippen molar-refractivity contribution in [3.05, 3.63) is 23.0 Å². The molecule has 2 aliphatic heterocycles. The maximum Gasteiger partial charge on any atom is 0.582 e. The fraction of sp³-hybridized carbons (Fsp3) is 0.550. The normalized spacial score (nSPS) is 30.3. The molecule has 2 unspecified atom stereocenters. The standard InChI is InChI=1S/C20H23F2N11O8P2S2/c21-8-6(1-2-34)39-19(32-5-27-11-16(32)28-20(24)29-17(11)35)13(8)43(37,45)38-3-7-12(41-42(36)44)9(22)18(40-7)33-15-10(30-31-33)14(23)25-4-26-15/h4-9,12-13,18-19,34H,1-3H2,(H6-,23,24,25,26,28,29,31,35,36,37,44,45)/p+1/t6-,7-,8+,9+,12-,13-,18-,19-,43?/m1/s1. The topological polar surface area (TPSA) is 267 Å². The van der Waals surface area contributed by atoms with Crippen LogP contribution in [-0.2, 0) is 34.9 Å². The van der Waals surface area contributed by atoms with Crippen LogP contribution in [0.1, 0.15) is 18.9 Å². The molecule has 0 amide bonds. The van der Waals surface area contributed by atoms with Crippen molar-refractivity contribution in [1.82, 2.24) is 44.5 Å². The largest absolute Gasteiger partial charge is 0.582 e. The summed E-state index contributed by atoms with van der Waals surface area (Å²) in [5.41, 5.74) is 9.07. The van der Waals surface area contributed by atoms with Gasteiger partial charge in [0, 0.05) is 6.61 Å². The fourth-order valence-electron chi connectivity index (χ4n) is 5.24. The molecule has 0 saturated carbocycles. The molecule has 25 heteroatoms. The van der Waals surface area contributed by atoms with Gasteiger partial charge in [0.2, 0.25) is 5.95 Å². The molecule has 7 N–H and O–H groups in total. The van der Waals surface area contributed by atoms with Gasteiger partial charge in [-0.15, -0.1) is 9.62 Å². The summed E-state index contributed by atoms with van der Waals surface area (Å²) in [6, 6.07) is 0. The maximum absolute atomic E-state index is 15.9. The number of aliphatic hydroxyl groups is 1. The molecule has 0 spiro atoms. The molecule has 6 heterocycles. The number of fused-ring (bicyclic) bond motifs is 2. The van der Waals surface area contributed by atoms with Crippen LogP contribution in [0.25, 0.3) is 22.3 Å². The Kier molecular flexibility index (Phi) is 8.84. The summed E-state index contributed by atoms with van der Waals surface area (Å²) >= 11 is 9.13. The summed E-state index contributed by atoms with van der Waals surface area (Å²) in [5.74, 6) is -0.280. The molecule has 0 bridgehead atoms. The van der Waals surface area contributed by atoms with Crippen LogP contribution in [0.3, 0.4) is 0 Å². The van der Waals surface area contributed by atoms with E-state index >= 15 is 8.78 Å². The number of aromatic nitrogens is 9. The highest BCUT2D eigenvalue weighted by molar-refractivity contribution is 8.39. The summed E-state index contributed by atoms with van der Waals surface area (Å²) in [6.07, 6.45) is -9.12. The Morgan fingerprint density at radius 2 is 1.91 bits per heavy atom. The van der Waals surface area contributed by atoms with Gasteiger partial charge in [-0.3, -0.25) is 14.3 Å². The number of aromatic amines is 1. The first-order valence-corrected chi connectivity index (χ1v) is 18.0. The number of nitrogen functional groups attached to an aromatic ring is 2. The second-order valence-corrected chi connectivity index (χ2v) is 15.1. The molecule has 0 aliphatic carbocycles. The van der Waals surface area contributed by atoms with Gasteiger partial charge in [0.25, 0.3) is 5.56 Å². The number of ether oxygens (including phenoxy) is 2. The van der Waals surface area contributed by atoms with E-state index in [0.29, 0.717) is 0 Å². The van der Waals surface area contributed by atoms with Crippen molar-refractivity contribution < 1.29 is 41.9 Å². The number of halogens is 2. The lowest BCUT2D eigenvalue weighted by Gasteiger charge is -2.29. The van der Waals surface area contributed by atoms with Crippen LogP contribution in [-0.4, -0.2) is 104 Å². The van der Waals surface area contributed by atoms with Gasteiger partial charge < -0.3 is 35.5 Å². The quantitative estimate of drug-likeness (QED) is 0.0936. The van der Waals surface area contributed by atoms with E-state index in [1.165, 1.54) is 4.57 Å². The number of nitrogens with two attached hydrogens (primary N) is 2. The van der Waals surface area contributed by atoms with Crippen LogP contribution < -0.4 is 17.0 Å². The third-order valence-corrected chi connectivity index (χ3v) is 10.8. The average molecular weight is 711 g/mol. The summed E-state index contributed by atoms with van der Waals surface area (Å²) in [4.78, 5) is 42.0. The second kappa shape index (κ2) is 12.4. The lowest BCUT2D eigenvalue weighted by Crippen LogP contribution is -2.34. The summed E-state index contributed by atoms with van der Waals surface area (Å²) in [5, 5.41) is 17.2. The van der Waals surface area contributed by atoms with E-state index < -0.39 is 81.3 Å². The first-order valence-electron chi connectivity index (χ1n) is 12.9. The van der Waals surface area contributed by atoms with Crippen LogP contribution >= 0.6 is 26.0 Å². The van der Waals surface area contributed by atoms with Crippen molar-refractivity contribution in [2.45, 2.75) is 55.2 Å². The predicted molar refractivity (Wildman–Crippen MR) is 157 cm³/mol. The zero-order chi connectivity index (χ0) is 32.2. The molecule has 0 radical (unpaired) electrons. The zero-order valence-corrected chi connectivity index (χ0v) is 26.0. The highest BCUT2D eigenvalue weighted by Crippen LogP contribution is 2.59. The SMILES string of the molecule is Nc1nc2c(ncn2[C@@H]2O[C@H](CCO)[C@H](F)[C@H]2P(O)(=S)OC[C@H]2O[C@@H](n3nnc4c(N)ncnc43)[C@@H](F)[C@@H]2O[P+](=O)S)c(=O)[nH]1. The Bertz CT molecular complexity index is 1870. The minimum absolute atomic E-state index is 0.0199. The number of imidazole rings is 1. The molecule has 0 aromatic carbocycles. The van der Waals surface area contributed by atoms with Gasteiger partial charge in [0.05, 0.1) is 19.0 Å². The van der Waals surface area contributed by atoms with E-state index in [1.54, 1.807) is 0 Å². The Morgan fingerprint density at radius 3 is 2.64 bits per heavy atom. The Morgan fingerprint density at radius 1 is 1.16 bits per heavy atom. The van der Waals surface area contributed by atoms with Crippen molar-refractivity contribution in [2.75, 3.05) is 24.7 Å². The minimum Gasteiger partial charge on any atom is -0.396 e. The smallest absolute Gasteiger partial charge is 0.396 e. The number of hydrogen-bond acceptors (Lipinski definition) is 16. The van der Waals surface area contributed by atoms with Crippen molar-refractivity contribution in [1.29, 1.82) is 0 Å². The number of rotatable bonds is 10. The van der Waals surface area contributed by atoms with Gasteiger partial charge in [-0.25, -0.2) is 23.7 Å². The molecule has 19 nitrogen and oxygen atoms in total. The Balaban J connectivity index is 1.29. The highest BCUT2D eigenvalue weighted by Gasteiger charge is 2.56. The molecule has 2 fully saturated rings. The minimum atomic E-state index is -4.28. The number of thiol groups is 1. The van der Waals surface area contributed by atoms with Gasteiger partial charge in [-0.2, -0.15) is 9.67 Å². The molecule has 6 rings (SSSR count). The number of alkyl halides is 2. The molecule has 4 aromatic rings. The van der Waals surface area contributed by atoms with Crippen molar-refractivity contribution >= 4 is 71.9 Å². The Hall–Kier alpha value is -2.85. The van der Waals surface area contributed by atoms with Crippen molar-refractivity contribution in [2.24, 2.45) is 0 Å². The van der Waals surface area contributed by atoms with Gasteiger partial charge in [0.1, 0.15) is 36.5 Å². The van der Waals surface area contributed by atoms with Crippen LogP contribution in [0.15, 0.2) is 17.4 Å². The van der Waals surface area contributed by atoms with Crippen LogP contribution in [0.2, 0.25) is 0 Å². The number of nitrogens with one attached hydrogen (secondary N) is 1. The molecule has 242 valence electrons. The summed E-state index contributed by atoms with van der Waals surface area (Å²) < 4.78 is 68.2. The van der Waals surface area contributed by atoms with Crippen molar-refractivity contribution in [3.8, 4) is 0 Å². The van der Waals surface area contributed by atoms with Crippen molar-refractivity contribution in [3.63, 3.8) is 0 Å². The molecule has 2 aliphatic rings. The monoisotopic (exact) mass is 710 g/mol. The van der Waals surface area contributed by atoms with E-state index in [0.717, 1.165) is 17.3 Å². The van der Waals surface area contributed by atoms with E-state index in [4.69, 9.17) is 41.8 Å². The van der Waals surface area contributed by atoms with Gasteiger partial charge >= 0.3 is 7.23 Å². The first-order chi connectivity index (χ1) is 21.4. The van der Waals surface area contributed by atoms with Gasteiger partial charge in [0.15, 0.2) is 59.4 Å². The number of nitrogens with zero attached hydrogens (tertiary/aromatic N) is 8. The van der Waals surface area contributed by atoms with E-state index in [2.05, 4.69) is 47.5 Å². The lowest BCUT2D eigenvalue weighted by molar-refractivity contribution is -0.0450. The Labute approximate surface area is 260 Å². The third-order valence-electron chi connectivity index (χ3n) is 7.24. The lowest BCUT2D eigenvalue weighted by atomic mass is 10.1. The number of H-pyrrole nitrogens is 1. The van der Waals surface area contributed by atoms with Crippen LogP contribution in [0.5, 0.6) is 0 Å². The molecular formula is C20H24F2N11O8P2S2+. The van der Waals surface area contributed by atoms with E-state index in [-0.39, 0.29) is 40.5 Å². The van der Waals surface area contributed by atoms with E-state index in [1.807, 2.05) is 0 Å². The highest BCUT2D eigenvalue weighted by atomic mass is 32.7. The summed E-state index contributed by atoms with van der Waals surface area (Å²) in [6.45, 7) is -5.41. The summed E-state index contributed by atoms with van der Waals surface area (Å²) in [7, 11) is -2.66. The molecular weight excluding hydrogens is 686 g/mol. The number of anilines is 2. The average Bonchev–Trinajstić information content (AvgIpc) is 3.73. The first kappa shape index (κ1) is 32.1. The molecule has 45 heavy (non-hydrogen) atoms. The fourth-order valence-corrected chi connectivity index (χ4v) is 8.49.